The summed E-state index contributed by atoms with van der Waals surface area (Å²) < 4.78 is -0.535. The maximum atomic E-state index is 10.7. The van der Waals surface area contributed by atoms with Crippen molar-refractivity contribution in [3.63, 3.8) is 0 Å². The van der Waals surface area contributed by atoms with Crippen LogP contribution in [0.3, 0.4) is 0 Å². The van der Waals surface area contributed by atoms with Crippen LogP contribution in [0.5, 0.6) is 0 Å². The van der Waals surface area contributed by atoms with Gasteiger partial charge < -0.3 is 0 Å². The van der Waals surface area contributed by atoms with E-state index in [0.29, 0.717) is 0 Å². The standard InChI is InChI=1S/3C2H3O.Zr/c3*1-2-3;/h3*1H3;. The molecule has 0 aromatic carbocycles. The molecule has 0 bridgehead atoms. The molecule has 0 radical (unpaired) electrons. The zero-order chi connectivity index (χ0) is 8.31. The minimum atomic E-state index is -2.93. The second kappa shape index (κ2) is 3.92. The molecule has 0 atom stereocenters. The van der Waals surface area contributed by atoms with Gasteiger partial charge in [0.1, 0.15) is 0 Å². The van der Waals surface area contributed by atoms with Crippen LogP contribution < -0.4 is 0 Å². The van der Waals surface area contributed by atoms with Crippen LogP contribution >= 0.6 is 0 Å². The van der Waals surface area contributed by atoms with Gasteiger partial charge in [-0.05, 0) is 0 Å². The molecule has 0 amide bonds. The van der Waals surface area contributed by atoms with E-state index in [1.54, 1.807) is 0 Å². The predicted octanol–water partition coefficient (Wildman–Crippen LogP) is 0.244. The Morgan fingerprint density at radius 3 is 1.00 bits per heavy atom. The van der Waals surface area contributed by atoms with Gasteiger partial charge in [0.25, 0.3) is 0 Å². The second-order valence-corrected chi connectivity index (χ2v) is 9.08. The van der Waals surface area contributed by atoms with E-state index >= 15 is 0 Å². The molecule has 0 N–H and O–H groups in total. The minimum absolute atomic E-state index is 0.178. The van der Waals surface area contributed by atoms with Gasteiger partial charge in [-0.2, -0.15) is 0 Å². The van der Waals surface area contributed by atoms with Crippen molar-refractivity contribution < 1.29 is 36.1 Å². The molecule has 0 rings (SSSR count). The van der Waals surface area contributed by atoms with Crippen LogP contribution in [0.25, 0.3) is 0 Å². The normalized spacial score (nSPS) is 8.70. The Kier molecular flexibility index (Phi) is 3.88. The number of carbonyl (C=O) groups is 3. The number of hydrogen-bond donors (Lipinski definition) is 0. The van der Waals surface area contributed by atoms with Crippen LogP contribution in [-0.2, 0) is 36.1 Å². The van der Waals surface area contributed by atoms with E-state index in [0.717, 1.165) is 0 Å². The Morgan fingerprint density at radius 2 is 1.00 bits per heavy atom. The van der Waals surface area contributed by atoms with E-state index in [4.69, 9.17) is 0 Å². The monoisotopic (exact) mass is 219 g/mol. The molecule has 4 heteroatoms. The summed E-state index contributed by atoms with van der Waals surface area (Å²) in [5.74, 6) is 0. The molecule has 0 aliphatic carbocycles. The van der Waals surface area contributed by atoms with Gasteiger partial charge in [0.15, 0.2) is 0 Å². The number of rotatable bonds is 3. The molecule has 0 saturated heterocycles. The molecule has 0 aliphatic rings. The first-order valence-corrected chi connectivity index (χ1v) is 6.55. The molecule has 0 spiro atoms. The summed E-state index contributed by atoms with van der Waals surface area (Å²) >= 11 is -2.93. The van der Waals surface area contributed by atoms with E-state index in [1.807, 2.05) is 0 Å². The molecule has 0 aromatic rings. The summed E-state index contributed by atoms with van der Waals surface area (Å²) in [6.45, 7) is 3.99. The topological polar surface area (TPSA) is 51.2 Å². The van der Waals surface area contributed by atoms with Crippen molar-refractivity contribution >= 4 is 10.5 Å². The Balaban J connectivity index is 4.43. The van der Waals surface area contributed by atoms with Crippen LogP contribution in [0.2, 0.25) is 0 Å². The van der Waals surface area contributed by atoms with Gasteiger partial charge >= 0.3 is 67.4 Å². The van der Waals surface area contributed by atoms with Gasteiger partial charge in [-0.3, -0.25) is 0 Å². The average Bonchev–Trinajstić information content (AvgIpc) is 1.59. The van der Waals surface area contributed by atoms with Gasteiger partial charge in [0, 0.05) is 0 Å². The van der Waals surface area contributed by atoms with Crippen LogP contribution in [0, 0.1) is 0 Å². The third-order valence-corrected chi connectivity index (χ3v) is 6.25. The maximum absolute atomic E-state index is 10.7. The summed E-state index contributed by atoms with van der Waals surface area (Å²) in [5.41, 5.74) is 0. The number of hydrogen-bond acceptors (Lipinski definition) is 3. The zero-order valence-corrected chi connectivity index (χ0v) is 8.68. The molecule has 55 valence electrons. The van der Waals surface area contributed by atoms with E-state index in [2.05, 4.69) is 0 Å². The van der Waals surface area contributed by atoms with Gasteiger partial charge in [-0.25, -0.2) is 0 Å². The molecule has 0 heterocycles. The first-order valence-electron chi connectivity index (χ1n) is 2.86. The predicted molar refractivity (Wildman–Crippen MR) is 32.0 cm³/mol. The summed E-state index contributed by atoms with van der Waals surface area (Å²) in [6, 6.07) is 0. The van der Waals surface area contributed by atoms with Crippen molar-refractivity contribution in [2.45, 2.75) is 20.8 Å². The van der Waals surface area contributed by atoms with Crippen molar-refractivity contribution in [3.05, 3.63) is 0 Å². The molecule has 10 heavy (non-hydrogen) atoms. The van der Waals surface area contributed by atoms with Crippen LogP contribution in [-0.4, -0.2) is 10.5 Å². The molecule has 0 unspecified atom stereocenters. The van der Waals surface area contributed by atoms with E-state index in [-0.39, 0.29) is 10.5 Å². The Bertz CT molecular complexity index is 152. The quantitative estimate of drug-likeness (QED) is 0.685. The first-order chi connectivity index (χ1) is 4.46. The molecule has 0 aromatic heterocycles. The molecule has 0 aliphatic heterocycles. The molecule has 0 fully saturated rings. The second-order valence-electron chi connectivity index (χ2n) is 2.04. The molecular weight excluding hydrogens is 211 g/mol. The summed E-state index contributed by atoms with van der Waals surface area (Å²) in [5, 5.41) is 0. The van der Waals surface area contributed by atoms with Crippen molar-refractivity contribution in [1.82, 2.24) is 0 Å². The molecular formula is C6H9O3Zr. The van der Waals surface area contributed by atoms with Gasteiger partial charge in [0.05, 0.1) is 0 Å². The summed E-state index contributed by atoms with van der Waals surface area (Å²) in [7, 11) is 0. The Hall–Kier alpha value is -0.107. The van der Waals surface area contributed by atoms with E-state index in [1.165, 1.54) is 20.8 Å². The van der Waals surface area contributed by atoms with Gasteiger partial charge in [-0.15, -0.1) is 0 Å². The fraction of sp³-hybridized carbons (Fsp3) is 0.500. The number of carbonyl (C=O) groups excluding carboxylic acids is 3. The van der Waals surface area contributed by atoms with Gasteiger partial charge in [-0.1, -0.05) is 0 Å². The van der Waals surface area contributed by atoms with Crippen LogP contribution in [0.1, 0.15) is 20.8 Å². The Labute approximate surface area is 67.5 Å². The summed E-state index contributed by atoms with van der Waals surface area (Å²) in [4.78, 5) is 32.0. The first kappa shape index (κ1) is 9.89. The SMILES string of the molecule is C[C](=O)[Zr]([C](C)=O)[C](C)=O. The Morgan fingerprint density at radius 1 is 0.800 bits per heavy atom. The zero-order valence-electron chi connectivity index (χ0n) is 6.22. The third-order valence-electron chi connectivity index (χ3n) is 1.06. The van der Waals surface area contributed by atoms with Crippen LogP contribution in [0.4, 0.5) is 0 Å². The van der Waals surface area contributed by atoms with E-state index in [9.17, 15) is 14.4 Å². The molecule has 0 saturated carbocycles. The third kappa shape index (κ3) is 2.65. The van der Waals surface area contributed by atoms with Gasteiger partial charge in [0.2, 0.25) is 0 Å². The van der Waals surface area contributed by atoms with Crippen molar-refractivity contribution in [1.29, 1.82) is 0 Å². The average molecular weight is 220 g/mol. The molecule has 3 nitrogen and oxygen atoms in total. The summed E-state index contributed by atoms with van der Waals surface area (Å²) in [6.07, 6.45) is 0. The fourth-order valence-corrected chi connectivity index (χ4v) is 4.40. The van der Waals surface area contributed by atoms with Crippen molar-refractivity contribution in [2.75, 3.05) is 0 Å². The van der Waals surface area contributed by atoms with Crippen LogP contribution in [0.15, 0.2) is 0 Å². The van der Waals surface area contributed by atoms with Crippen molar-refractivity contribution in [2.24, 2.45) is 0 Å². The fourth-order valence-electron chi connectivity index (χ4n) is 0.744. The van der Waals surface area contributed by atoms with E-state index < -0.39 is 21.8 Å². The van der Waals surface area contributed by atoms with Crippen molar-refractivity contribution in [3.8, 4) is 0 Å².